The molecule has 0 aromatic heterocycles. The normalized spacial score (nSPS) is 11.9. The van der Waals surface area contributed by atoms with Gasteiger partial charge in [0, 0.05) is 6.54 Å². The van der Waals surface area contributed by atoms with Gasteiger partial charge in [0.05, 0.1) is 6.61 Å². The van der Waals surface area contributed by atoms with Crippen molar-refractivity contribution in [3.63, 3.8) is 0 Å². The van der Waals surface area contributed by atoms with Gasteiger partial charge in [0.1, 0.15) is 0 Å². The lowest BCUT2D eigenvalue weighted by Crippen LogP contribution is -2.06. The molecule has 0 fully saturated rings. The van der Waals surface area contributed by atoms with Crippen molar-refractivity contribution in [2.75, 3.05) is 13.2 Å². The zero-order chi connectivity index (χ0) is 6.62. The van der Waals surface area contributed by atoms with Crippen LogP contribution in [0.2, 0.25) is 0 Å². The average molecular weight is 157 g/mol. The predicted molar refractivity (Wildman–Crippen MR) is 33.7 cm³/mol. The molecule has 6 heteroatoms. The fourth-order valence-corrected chi connectivity index (χ4v) is 0.738. The summed E-state index contributed by atoms with van der Waals surface area (Å²) in [7, 11) is 0. The number of nitrogens with two attached hydrogens (primary N) is 1. The van der Waals surface area contributed by atoms with Gasteiger partial charge in [0.2, 0.25) is 0 Å². The third-order valence-corrected chi connectivity index (χ3v) is 1.21. The number of hydrogen-bond donors (Lipinski definition) is 3. The van der Waals surface area contributed by atoms with E-state index in [0.717, 1.165) is 0 Å². The first kappa shape index (κ1) is 8.49. The van der Waals surface area contributed by atoms with E-state index in [1.807, 2.05) is 0 Å². The molecule has 0 rings (SSSR count). The van der Waals surface area contributed by atoms with E-state index in [0.29, 0.717) is 0 Å². The van der Waals surface area contributed by atoms with Crippen LogP contribution in [-0.2, 0) is 16.3 Å². The highest BCUT2D eigenvalue weighted by Gasteiger charge is 2.04. The summed E-state index contributed by atoms with van der Waals surface area (Å²) >= 11 is 4.09. The lowest BCUT2D eigenvalue weighted by atomic mass is 10.8. The molecule has 0 heterocycles. The lowest BCUT2D eigenvalue weighted by Gasteiger charge is -2.04. The van der Waals surface area contributed by atoms with Crippen LogP contribution >= 0.6 is 6.72 Å². The molecule has 0 aromatic carbocycles. The Bertz CT molecular complexity index is 101. The van der Waals surface area contributed by atoms with Crippen LogP contribution in [0.5, 0.6) is 0 Å². The molecule has 0 amide bonds. The first-order valence-electron chi connectivity index (χ1n) is 1.96. The van der Waals surface area contributed by atoms with Crippen molar-refractivity contribution in [3.8, 4) is 0 Å². The van der Waals surface area contributed by atoms with Crippen molar-refractivity contribution >= 4 is 18.5 Å². The highest BCUT2D eigenvalue weighted by molar-refractivity contribution is 8.06. The molecule has 8 heavy (non-hydrogen) atoms. The summed E-state index contributed by atoms with van der Waals surface area (Å²) < 4.78 is 4.29. The molecule has 0 unspecified atom stereocenters. The van der Waals surface area contributed by atoms with Crippen molar-refractivity contribution < 1.29 is 14.3 Å². The maximum absolute atomic E-state index is 8.35. The van der Waals surface area contributed by atoms with Crippen LogP contribution in [0.3, 0.4) is 0 Å². The van der Waals surface area contributed by atoms with Crippen LogP contribution in [-0.4, -0.2) is 22.9 Å². The zero-order valence-electron chi connectivity index (χ0n) is 4.15. The zero-order valence-corrected chi connectivity index (χ0v) is 5.86. The molecule has 0 atom stereocenters. The Kier molecular flexibility index (Phi) is 3.72. The molecule has 0 saturated heterocycles. The van der Waals surface area contributed by atoms with Crippen molar-refractivity contribution in [1.82, 2.24) is 0 Å². The smallest absolute Gasteiger partial charge is 0.321 e. The summed E-state index contributed by atoms with van der Waals surface area (Å²) in [6.45, 7) is -3.08. The minimum Gasteiger partial charge on any atom is -0.328 e. The van der Waals surface area contributed by atoms with Crippen LogP contribution in [0.25, 0.3) is 0 Å². The minimum absolute atomic E-state index is 0.101. The predicted octanol–water partition coefficient (Wildman–Crippen LogP) is -0.829. The number of hydrogen-bond acceptors (Lipinski definition) is 3. The van der Waals surface area contributed by atoms with Gasteiger partial charge in [-0.25, -0.2) is 0 Å². The van der Waals surface area contributed by atoms with E-state index in [1.54, 1.807) is 0 Å². The van der Waals surface area contributed by atoms with Crippen LogP contribution in [0.1, 0.15) is 0 Å². The van der Waals surface area contributed by atoms with Crippen molar-refractivity contribution in [2.45, 2.75) is 0 Å². The van der Waals surface area contributed by atoms with E-state index in [1.165, 1.54) is 0 Å². The van der Waals surface area contributed by atoms with Crippen LogP contribution < -0.4 is 5.73 Å². The molecular formula is C2H8NO3PS. The molecule has 0 radical (unpaired) electrons. The topological polar surface area (TPSA) is 75.7 Å². The molecule has 50 valence electrons. The first-order valence-corrected chi connectivity index (χ1v) is 4.59. The largest absolute Gasteiger partial charge is 0.328 e. The standard InChI is InChI=1S/C2H8NO3PS/c3-1-2-6-7(4,5)8/h1-3H2,(H2,4,5,8). The van der Waals surface area contributed by atoms with Crippen LogP contribution in [0.15, 0.2) is 0 Å². The van der Waals surface area contributed by atoms with Gasteiger partial charge in [-0.05, 0) is 11.8 Å². The van der Waals surface area contributed by atoms with E-state index in [-0.39, 0.29) is 13.2 Å². The third kappa shape index (κ3) is 6.49. The lowest BCUT2D eigenvalue weighted by molar-refractivity contribution is 0.259. The van der Waals surface area contributed by atoms with Gasteiger partial charge in [-0.1, -0.05) is 0 Å². The molecule has 0 bridgehead atoms. The molecule has 0 aliphatic rings. The Morgan fingerprint density at radius 2 is 2.12 bits per heavy atom. The van der Waals surface area contributed by atoms with Crippen LogP contribution in [0, 0.1) is 0 Å². The van der Waals surface area contributed by atoms with Crippen molar-refractivity contribution in [2.24, 2.45) is 5.73 Å². The Labute approximate surface area is 52.5 Å². The van der Waals surface area contributed by atoms with Gasteiger partial charge in [-0.2, -0.15) is 0 Å². The number of rotatable bonds is 3. The summed E-state index contributed by atoms with van der Waals surface area (Å²) in [5.41, 5.74) is 4.96. The fraction of sp³-hybridized carbons (Fsp3) is 1.00. The molecule has 0 spiro atoms. The second-order valence-corrected chi connectivity index (χ2v) is 3.78. The molecule has 0 aromatic rings. The van der Waals surface area contributed by atoms with Gasteiger partial charge in [-0.3, -0.25) is 0 Å². The van der Waals surface area contributed by atoms with Gasteiger partial charge in [-0.15, -0.1) is 0 Å². The Hall–Kier alpha value is 0.490. The Morgan fingerprint density at radius 3 is 2.25 bits per heavy atom. The summed E-state index contributed by atoms with van der Waals surface area (Å²) in [6.07, 6.45) is 0. The van der Waals surface area contributed by atoms with E-state index in [4.69, 9.17) is 15.5 Å². The summed E-state index contributed by atoms with van der Waals surface area (Å²) in [4.78, 5) is 16.7. The minimum atomic E-state index is -3.43. The molecule has 4 N–H and O–H groups in total. The SMILES string of the molecule is NCCOP(O)(O)=S. The fourth-order valence-electron chi connectivity index (χ4n) is 0.172. The van der Waals surface area contributed by atoms with Gasteiger partial charge < -0.3 is 20.0 Å². The van der Waals surface area contributed by atoms with E-state index in [9.17, 15) is 0 Å². The maximum atomic E-state index is 8.35. The molecule has 0 aliphatic heterocycles. The quantitative estimate of drug-likeness (QED) is 0.466. The van der Waals surface area contributed by atoms with Gasteiger partial charge in [0.15, 0.2) is 0 Å². The van der Waals surface area contributed by atoms with Gasteiger partial charge >= 0.3 is 6.72 Å². The molecule has 4 nitrogen and oxygen atoms in total. The summed E-state index contributed by atoms with van der Waals surface area (Å²) in [5, 5.41) is 0. The summed E-state index contributed by atoms with van der Waals surface area (Å²) in [6, 6.07) is 0. The van der Waals surface area contributed by atoms with Crippen molar-refractivity contribution in [1.29, 1.82) is 0 Å². The van der Waals surface area contributed by atoms with E-state index < -0.39 is 6.72 Å². The van der Waals surface area contributed by atoms with Crippen molar-refractivity contribution in [3.05, 3.63) is 0 Å². The third-order valence-electron chi connectivity index (χ3n) is 0.377. The second kappa shape index (κ2) is 3.50. The van der Waals surface area contributed by atoms with E-state index in [2.05, 4.69) is 16.3 Å². The molecule has 0 saturated carbocycles. The first-order chi connectivity index (χ1) is 3.56. The summed E-state index contributed by atoms with van der Waals surface area (Å²) in [5.74, 6) is 0. The highest BCUT2D eigenvalue weighted by Crippen LogP contribution is 2.35. The Balaban J connectivity index is 3.26. The monoisotopic (exact) mass is 157 g/mol. The maximum Gasteiger partial charge on any atom is 0.321 e. The van der Waals surface area contributed by atoms with Gasteiger partial charge in [0.25, 0.3) is 0 Å². The van der Waals surface area contributed by atoms with E-state index >= 15 is 0 Å². The highest BCUT2D eigenvalue weighted by atomic mass is 32.5. The molecular weight excluding hydrogens is 149 g/mol. The molecule has 0 aliphatic carbocycles. The average Bonchev–Trinajstić information content (AvgIpc) is 1.59. The second-order valence-electron chi connectivity index (χ2n) is 1.11. The van der Waals surface area contributed by atoms with Crippen LogP contribution in [0.4, 0.5) is 0 Å². The Morgan fingerprint density at radius 1 is 1.62 bits per heavy atom.